The number of halogens is 5. The van der Waals surface area contributed by atoms with Crippen molar-refractivity contribution in [2.45, 2.75) is 5.51 Å². The minimum absolute atomic E-state index is 0.191. The Morgan fingerprint density at radius 2 is 2.06 bits per heavy atom. The highest BCUT2D eigenvalue weighted by Gasteiger charge is 2.27. The summed E-state index contributed by atoms with van der Waals surface area (Å²) in [6.07, 6.45) is 0. The lowest BCUT2D eigenvalue weighted by Crippen LogP contribution is -2.27. The van der Waals surface area contributed by atoms with Crippen molar-refractivity contribution >= 4 is 33.6 Å². The van der Waals surface area contributed by atoms with Crippen LogP contribution in [0.15, 0.2) is 22.7 Å². The molecule has 2 nitrogen and oxygen atoms in total. The summed E-state index contributed by atoms with van der Waals surface area (Å²) < 4.78 is 49.0. The molecular formula is C10H8BrF4NOS. The zero-order valence-corrected chi connectivity index (χ0v) is 11.3. The Morgan fingerprint density at radius 3 is 2.61 bits per heavy atom. The van der Waals surface area contributed by atoms with Gasteiger partial charge in [0, 0.05) is 16.8 Å². The number of alkyl halides is 3. The van der Waals surface area contributed by atoms with Crippen LogP contribution in [0.1, 0.15) is 10.4 Å². The summed E-state index contributed by atoms with van der Waals surface area (Å²) in [4.78, 5) is 11.5. The summed E-state index contributed by atoms with van der Waals surface area (Å²) in [6, 6.07) is 3.99. The average molecular weight is 346 g/mol. The van der Waals surface area contributed by atoms with E-state index in [2.05, 4.69) is 21.2 Å². The van der Waals surface area contributed by atoms with Gasteiger partial charge in [-0.25, -0.2) is 4.39 Å². The molecule has 0 heterocycles. The second kappa shape index (κ2) is 6.42. The molecule has 18 heavy (non-hydrogen) atoms. The van der Waals surface area contributed by atoms with E-state index in [4.69, 9.17) is 0 Å². The molecule has 0 aliphatic rings. The lowest BCUT2D eigenvalue weighted by atomic mass is 10.2. The van der Waals surface area contributed by atoms with Gasteiger partial charge in [0.05, 0.1) is 5.56 Å². The number of nitrogens with one attached hydrogen (secondary N) is 1. The third kappa shape index (κ3) is 4.85. The second-order valence-electron chi connectivity index (χ2n) is 3.15. The van der Waals surface area contributed by atoms with Crippen LogP contribution in [0, 0.1) is 5.82 Å². The van der Waals surface area contributed by atoms with E-state index in [1.165, 1.54) is 12.1 Å². The van der Waals surface area contributed by atoms with Crippen LogP contribution in [0.2, 0.25) is 0 Å². The number of thioether (sulfide) groups is 1. The topological polar surface area (TPSA) is 29.1 Å². The second-order valence-corrected chi connectivity index (χ2v) is 5.16. The zero-order valence-electron chi connectivity index (χ0n) is 8.85. The highest BCUT2D eigenvalue weighted by atomic mass is 79.9. The molecule has 0 bridgehead atoms. The van der Waals surface area contributed by atoms with Crippen LogP contribution in [-0.2, 0) is 0 Å². The van der Waals surface area contributed by atoms with Gasteiger partial charge in [-0.05, 0) is 39.8 Å². The molecule has 1 aromatic rings. The Labute approximate surface area is 113 Å². The maximum Gasteiger partial charge on any atom is 0.441 e. The Balaban J connectivity index is 2.51. The third-order valence-corrected chi connectivity index (χ3v) is 3.24. The van der Waals surface area contributed by atoms with Crippen LogP contribution in [0.5, 0.6) is 0 Å². The molecule has 0 saturated heterocycles. The van der Waals surface area contributed by atoms with Gasteiger partial charge in [-0.2, -0.15) is 13.2 Å². The fourth-order valence-corrected chi connectivity index (χ4v) is 2.09. The molecule has 0 radical (unpaired) electrons. The summed E-state index contributed by atoms with van der Waals surface area (Å²) in [5, 5.41) is 2.22. The van der Waals surface area contributed by atoms with Gasteiger partial charge >= 0.3 is 5.51 Å². The van der Waals surface area contributed by atoms with E-state index in [-0.39, 0.29) is 34.1 Å². The molecule has 0 unspecified atom stereocenters. The van der Waals surface area contributed by atoms with E-state index in [0.29, 0.717) is 0 Å². The van der Waals surface area contributed by atoms with Crippen molar-refractivity contribution in [3.05, 3.63) is 34.1 Å². The van der Waals surface area contributed by atoms with E-state index in [1.54, 1.807) is 0 Å². The molecule has 0 spiro atoms. The number of hydrogen-bond donors (Lipinski definition) is 1. The van der Waals surface area contributed by atoms with Crippen LogP contribution in [0.25, 0.3) is 0 Å². The van der Waals surface area contributed by atoms with E-state index >= 15 is 0 Å². The number of rotatable bonds is 4. The Hall–Kier alpha value is -0.760. The highest BCUT2D eigenvalue weighted by Crippen LogP contribution is 2.29. The van der Waals surface area contributed by atoms with Crippen molar-refractivity contribution in [2.75, 3.05) is 12.3 Å². The van der Waals surface area contributed by atoms with Crippen LogP contribution < -0.4 is 5.32 Å². The van der Waals surface area contributed by atoms with Crippen molar-refractivity contribution in [3.63, 3.8) is 0 Å². The molecule has 0 atom stereocenters. The standard InChI is InChI=1S/C10H8BrF4NOS/c11-6-2-1-3-7(12)8(6)9(17)16-4-5-18-10(13,14)15/h1-3H,4-5H2,(H,16,17). The quantitative estimate of drug-likeness (QED) is 0.667. The lowest BCUT2D eigenvalue weighted by Gasteiger charge is -2.08. The van der Waals surface area contributed by atoms with Crippen LogP contribution in [-0.4, -0.2) is 23.7 Å². The van der Waals surface area contributed by atoms with Crippen LogP contribution in [0.4, 0.5) is 17.6 Å². The van der Waals surface area contributed by atoms with Gasteiger partial charge in [-0.1, -0.05) is 6.07 Å². The summed E-state index contributed by atoms with van der Waals surface area (Å²) in [5.41, 5.74) is -4.54. The van der Waals surface area contributed by atoms with Gasteiger partial charge in [0.25, 0.3) is 5.91 Å². The maximum atomic E-state index is 13.3. The van der Waals surface area contributed by atoms with Crippen molar-refractivity contribution in [1.82, 2.24) is 5.32 Å². The molecule has 100 valence electrons. The number of hydrogen-bond acceptors (Lipinski definition) is 2. The molecule has 0 aromatic heterocycles. The van der Waals surface area contributed by atoms with Crippen molar-refractivity contribution in [1.29, 1.82) is 0 Å². The first-order valence-corrected chi connectivity index (χ1v) is 6.52. The minimum Gasteiger partial charge on any atom is -0.351 e. The zero-order chi connectivity index (χ0) is 13.8. The predicted molar refractivity (Wildman–Crippen MR) is 64.9 cm³/mol. The predicted octanol–water partition coefficient (Wildman–Crippen LogP) is 3.57. The van der Waals surface area contributed by atoms with E-state index in [0.717, 1.165) is 6.07 Å². The molecule has 1 N–H and O–H groups in total. The van der Waals surface area contributed by atoms with Gasteiger partial charge in [0.1, 0.15) is 5.82 Å². The van der Waals surface area contributed by atoms with Gasteiger partial charge in [0.2, 0.25) is 0 Å². The van der Waals surface area contributed by atoms with Crippen molar-refractivity contribution in [2.24, 2.45) is 0 Å². The number of amides is 1. The molecular weight excluding hydrogens is 338 g/mol. The lowest BCUT2D eigenvalue weighted by molar-refractivity contribution is -0.0327. The van der Waals surface area contributed by atoms with Gasteiger partial charge in [-0.15, -0.1) is 0 Å². The first-order chi connectivity index (χ1) is 8.31. The van der Waals surface area contributed by atoms with Crippen molar-refractivity contribution < 1.29 is 22.4 Å². The molecule has 1 rings (SSSR count). The van der Waals surface area contributed by atoms with E-state index in [9.17, 15) is 22.4 Å². The first-order valence-electron chi connectivity index (χ1n) is 4.74. The molecule has 0 fully saturated rings. The average Bonchev–Trinajstić information content (AvgIpc) is 2.23. The summed E-state index contributed by atoms with van der Waals surface area (Å²) >= 11 is 2.76. The summed E-state index contributed by atoms with van der Waals surface area (Å²) in [7, 11) is 0. The van der Waals surface area contributed by atoms with Gasteiger partial charge in [0.15, 0.2) is 0 Å². The normalized spacial score (nSPS) is 11.4. The number of carbonyl (C=O) groups excluding carboxylic acids is 1. The van der Waals surface area contributed by atoms with Crippen LogP contribution in [0.3, 0.4) is 0 Å². The van der Waals surface area contributed by atoms with Crippen molar-refractivity contribution in [3.8, 4) is 0 Å². The minimum atomic E-state index is -4.33. The van der Waals surface area contributed by atoms with E-state index in [1.807, 2.05) is 0 Å². The van der Waals surface area contributed by atoms with E-state index < -0.39 is 17.2 Å². The van der Waals surface area contributed by atoms with Crippen LogP contribution >= 0.6 is 27.7 Å². The molecule has 0 aliphatic heterocycles. The first kappa shape index (κ1) is 15.3. The smallest absolute Gasteiger partial charge is 0.351 e. The fourth-order valence-electron chi connectivity index (χ4n) is 1.13. The molecule has 8 heteroatoms. The highest BCUT2D eigenvalue weighted by molar-refractivity contribution is 9.10. The maximum absolute atomic E-state index is 13.3. The summed E-state index contributed by atoms with van der Waals surface area (Å²) in [5.74, 6) is -1.80. The Kier molecular flexibility index (Phi) is 5.46. The molecule has 1 amide bonds. The van der Waals surface area contributed by atoms with Gasteiger partial charge < -0.3 is 5.32 Å². The SMILES string of the molecule is O=C(NCCSC(F)(F)F)c1c(F)cccc1Br. The summed E-state index contributed by atoms with van der Waals surface area (Å²) in [6.45, 7) is -0.191. The number of carbonyl (C=O) groups is 1. The molecule has 0 saturated carbocycles. The molecule has 1 aromatic carbocycles. The Bertz CT molecular complexity index is 418. The molecule has 0 aliphatic carbocycles. The Morgan fingerprint density at radius 1 is 1.39 bits per heavy atom. The van der Waals surface area contributed by atoms with Gasteiger partial charge in [-0.3, -0.25) is 4.79 Å². The fraction of sp³-hybridized carbons (Fsp3) is 0.300. The largest absolute Gasteiger partial charge is 0.441 e. The third-order valence-electron chi connectivity index (χ3n) is 1.84. The monoisotopic (exact) mass is 345 g/mol. The number of benzene rings is 1.